The maximum absolute atomic E-state index is 12.9. The van der Waals surface area contributed by atoms with Crippen molar-refractivity contribution in [3.05, 3.63) is 0 Å². The van der Waals surface area contributed by atoms with Crippen LogP contribution in [-0.4, -0.2) is 37.0 Å². The van der Waals surface area contributed by atoms with Crippen LogP contribution in [0.15, 0.2) is 0 Å². The second kappa shape index (κ2) is 7.79. The number of fused-ring (bicyclic) bond motifs is 2. The zero-order chi connectivity index (χ0) is 18.3. The summed E-state index contributed by atoms with van der Waals surface area (Å²) in [6.07, 6.45) is 10.7. The molecule has 4 nitrogen and oxygen atoms in total. The highest BCUT2D eigenvalue weighted by Crippen LogP contribution is 2.45. The first-order valence-corrected chi connectivity index (χ1v) is 11.0. The normalized spacial score (nSPS) is 44.6. The fraction of sp³-hybridized carbons (Fsp3) is 0.955. The van der Waals surface area contributed by atoms with Crippen molar-refractivity contribution in [2.75, 3.05) is 6.61 Å². The number of ether oxygens (including phenoxy) is 3. The summed E-state index contributed by atoms with van der Waals surface area (Å²) < 4.78 is 17.3. The highest BCUT2D eigenvalue weighted by atomic mass is 16.6. The van der Waals surface area contributed by atoms with Crippen LogP contribution in [0.3, 0.4) is 0 Å². The van der Waals surface area contributed by atoms with E-state index < -0.39 is 0 Å². The fourth-order valence-corrected chi connectivity index (χ4v) is 5.38. The molecule has 4 rings (SSSR count). The van der Waals surface area contributed by atoms with Crippen molar-refractivity contribution in [1.82, 2.24) is 0 Å². The van der Waals surface area contributed by atoms with Crippen molar-refractivity contribution in [2.24, 2.45) is 29.6 Å². The number of hydrogen-bond acceptors (Lipinski definition) is 4. The molecule has 26 heavy (non-hydrogen) atoms. The molecular weight excluding hydrogens is 328 g/mol. The quantitative estimate of drug-likeness (QED) is 0.474. The first-order chi connectivity index (χ1) is 12.5. The molecule has 2 saturated carbocycles. The van der Waals surface area contributed by atoms with Crippen LogP contribution in [0.1, 0.15) is 72.1 Å². The molecule has 0 spiro atoms. The Labute approximate surface area is 158 Å². The van der Waals surface area contributed by atoms with E-state index in [1.54, 1.807) is 0 Å². The number of carbonyl (C=O) groups is 1. The Morgan fingerprint density at radius 2 is 1.54 bits per heavy atom. The van der Waals surface area contributed by atoms with E-state index in [9.17, 15) is 4.79 Å². The van der Waals surface area contributed by atoms with E-state index in [2.05, 4.69) is 20.8 Å². The van der Waals surface area contributed by atoms with Gasteiger partial charge in [-0.25, -0.2) is 0 Å². The number of carbonyl (C=O) groups excluding carboxylic acids is 1. The smallest absolute Gasteiger partial charge is 0.308 e. The van der Waals surface area contributed by atoms with Gasteiger partial charge in [-0.15, -0.1) is 0 Å². The highest BCUT2D eigenvalue weighted by molar-refractivity contribution is 5.72. The van der Waals surface area contributed by atoms with Gasteiger partial charge in [0, 0.05) is 0 Å². The third kappa shape index (κ3) is 4.27. The Morgan fingerprint density at radius 1 is 0.962 bits per heavy atom. The highest BCUT2D eigenvalue weighted by Gasteiger charge is 2.48. The van der Waals surface area contributed by atoms with E-state index in [0.717, 1.165) is 44.9 Å². The van der Waals surface area contributed by atoms with E-state index in [1.807, 2.05) is 0 Å². The molecule has 0 bridgehead atoms. The summed E-state index contributed by atoms with van der Waals surface area (Å²) in [4.78, 5) is 12.9. The maximum atomic E-state index is 12.9. The van der Waals surface area contributed by atoms with E-state index in [0.29, 0.717) is 54.7 Å². The van der Waals surface area contributed by atoms with Gasteiger partial charge in [0.25, 0.3) is 0 Å². The maximum Gasteiger partial charge on any atom is 0.308 e. The lowest BCUT2D eigenvalue weighted by Crippen LogP contribution is -2.31. The summed E-state index contributed by atoms with van der Waals surface area (Å²) >= 11 is 0. The molecular formula is C22H36O4. The topological polar surface area (TPSA) is 51.4 Å². The number of rotatable bonds is 8. The molecule has 2 aliphatic carbocycles. The van der Waals surface area contributed by atoms with Crippen LogP contribution < -0.4 is 0 Å². The molecule has 2 saturated heterocycles. The van der Waals surface area contributed by atoms with Gasteiger partial charge in [0.05, 0.1) is 36.9 Å². The molecule has 9 atom stereocenters. The van der Waals surface area contributed by atoms with Gasteiger partial charge < -0.3 is 14.2 Å². The lowest BCUT2D eigenvalue weighted by molar-refractivity contribution is -0.152. The predicted molar refractivity (Wildman–Crippen MR) is 99.7 cm³/mol. The molecule has 9 unspecified atom stereocenters. The van der Waals surface area contributed by atoms with Gasteiger partial charge in [-0.05, 0) is 62.2 Å². The SMILES string of the molecule is CCCCC(CC1CC2OC2CC1C)C(=O)OCC1CC2OC2CC1C. The lowest BCUT2D eigenvalue weighted by Gasteiger charge is -2.30. The van der Waals surface area contributed by atoms with Gasteiger partial charge in [-0.2, -0.15) is 0 Å². The first-order valence-electron chi connectivity index (χ1n) is 11.0. The van der Waals surface area contributed by atoms with Crippen LogP contribution in [0.2, 0.25) is 0 Å². The van der Waals surface area contributed by atoms with Crippen molar-refractivity contribution in [3.63, 3.8) is 0 Å². The predicted octanol–water partition coefficient (Wildman–Crippen LogP) is 4.35. The monoisotopic (exact) mass is 364 g/mol. The molecule has 4 fully saturated rings. The summed E-state index contributed by atoms with van der Waals surface area (Å²) in [5.74, 6) is 2.48. The van der Waals surface area contributed by atoms with Crippen LogP contribution in [0.25, 0.3) is 0 Å². The number of hydrogen-bond donors (Lipinski definition) is 0. The van der Waals surface area contributed by atoms with Crippen LogP contribution in [0, 0.1) is 29.6 Å². The third-order valence-electron chi connectivity index (χ3n) is 7.53. The minimum atomic E-state index is 0.0514. The second-order valence-corrected chi connectivity index (χ2v) is 9.55. The standard InChI is InChI=1S/C22H36O4/c1-4-5-6-15(9-16-10-20-18(25-20)7-13(16)2)22(23)24-12-17-11-21-19(26-21)8-14(17)3/h13-21H,4-12H2,1-3H3. The van der Waals surface area contributed by atoms with Crippen LogP contribution in [-0.2, 0) is 19.0 Å². The number of unbranched alkanes of at least 4 members (excludes halogenated alkanes) is 1. The molecule has 0 aromatic heterocycles. The Hall–Kier alpha value is -0.610. The largest absolute Gasteiger partial charge is 0.465 e. The van der Waals surface area contributed by atoms with Gasteiger partial charge >= 0.3 is 5.97 Å². The summed E-state index contributed by atoms with van der Waals surface area (Å²) in [6, 6.07) is 0. The average Bonchev–Trinajstić information content (AvgIpc) is 3.52. The minimum Gasteiger partial charge on any atom is -0.465 e. The average molecular weight is 365 g/mol. The van der Waals surface area contributed by atoms with Gasteiger partial charge in [0.2, 0.25) is 0 Å². The molecule has 4 heteroatoms. The van der Waals surface area contributed by atoms with E-state index in [4.69, 9.17) is 14.2 Å². The van der Waals surface area contributed by atoms with Gasteiger partial charge in [-0.1, -0.05) is 33.6 Å². The van der Waals surface area contributed by atoms with E-state index >= 15 is 0 Å². The molecule has 2 aliphatic heterocycles. The molecule has 0 amide bonds. The summed E-state index contributed by atoms with van der Waals surface area (Å²) in [7, 11) is 0. The Balaban J connectivity index is 1.29. The summed E-state index contributed by atoms with van der Waals surface area (Å²) in [5, 5.41) is 0. The molecule has 0 N–H and O–H groups in total. The second-order valence-electron chi connectivity index (χ2n) is 9.55. The van der Waals surface area contributed by atoms with E-state index in [-0.39, 0.29) is 11.9 Å². The van der Waals surface area contributed by atoms with Crippen LogP contribution >= 0.6 is 0 Å². The minimum absolute atomic E-state index is 0.0514. The van der Waals surface area contributed by atoms with Crippen molar-refractivity contribution < 1.29 is 19.0 Å². The van der Waals surface area contributed by atoms with Gasteiger partial charge in [0.15, 0.2) is 0 Å². The third-order valence-corrected chi connectivity index (χ3v) is 7.53. The Morgan fingerprint density at radius 3 is 2.19 bits per heavy atom. The van der Waals surface area contributed by atoms with Crippen molar-refractivity contribution in [2.45, 2.75) is 96.6 Å². The molecule has 0 aromatic rings. The van der Waals surface area contributed by atoms with Gasteiger partial charge in [-0.3, -0.25) is 4.79 Å². The zero-order valence-electron chi connectivity index (χ0n) is 16.7. The molecule has 0 aromatic carbocycles. The lowest BCUT2D eigenvalue weighted by atomic mass is 9.75. The summed E-state index contributed by atoms with van der Waals surface area (Å²) in [6.45, 7) is 7.40. The zero-order valence-corrected chi connectivity index (χ0v) is 16.7. The van der Waals surface area contributed by atoms with Crippen LogP contribution in [0.4, 0.5) is 0 Å². The van der Waals surface area contributed by atoms with E-state index in [1.165, 1.54) is 6.42 Å². The van der Waals surface area contributed by atoms with Crippen LogP contribution in [0.5, 0.6) is 0 Å². The molecule has 2 heterocycles. The van der Waals surface area contributed by atoms with Crippen molar-refractivity contribution in [3.8, 4) is 0 Å². The van der Waals surface area contributed by atoms with Gasteiger partial charge in [0.1, 0.15) is 0 Å². The Kier molecular flexibility index (Phi) is 5.61. The molecule has 0 radical (unpaired) electrons. The first kappa shape index (κ1) is 18.7. The number of epoxide rings is 2. The Bertz CT molecular complexity index is 506. The van der Waals surface area contributed by atoms with Crippen molar-refractivity contribution in [1.29, 1.82) is 0 Å². The molecule has 148 valence electrons. The summed E-state index contributed by atoms with van der Waals surface area (Å²) in [5.41, 5.74) is 0. The fourth-order valence-electron chi connectivity index (χ4n) is 5.38. The van der Waals surface area contributed by atoms with Crippen molar-refractivity contribution >= 4 is 5.97 Å². The molecule has 4 aliphatic rings. The number of esters is 1.